The number of benzene rings is 2. The molecule has 3 amide bonds. The van der Waals surface area contributed by atoms with Gasteiger partial charge in [-0.1, -0.05) is 69.8 Å². The molecule has 0 saturated heterocycles. The highest BCUT2D eigenvalue weighted by atomic mass is 35.5. The van der Waals surface area contributed by atoms with Crippen LogP contribution in [0.3, 0.4) is 0 Å². The highest BCUT2D eigenvalue weighted by Crippen LogP contribution is 2.36. The van der Waals surface area contributed by atoms with E-state index in [9.17, 15) is 14.4 Å². The molecule has 0 aliphatic carbocycles. The van der Waals surface area contributed by atoms with E-state index in [1.807, 2.05) is 0 Å². The summed E-state index contributed by atoms with van der Waals surface area (Å²) in [6.45, 7) is 6.72. The molecule has 0 aliphatic rings. The predicted octanol–water partition coefficient (Wildman–Crippen LogP) is 6.82. The van der Waals surface area contributed by atoms with E-state index < -0.39 is 34.4 Å². The summed E-state index contributed by atoms with van der Waals surface area (Å²) in [5, 5.41) is 7.73. The number of ether oxygens (including phenoxy) is 1. The van der Waals surface area contributed by atoms with Gasteiger partial charge in [0.05, 0.1) is 10.0 Å². The molecule has 1 atom stereocenters. The van der Waals surface area contributed by atoms with Crippen LogP contribution in [0, 0.1) is 0 Å². The van der Waals surface area contributed by atoms with Gasteiger partial charge in [-0.15, -0.1) is 0 Å². The maximum absolute atomic E-state index is 13.0. The summed E-state index contributed by atoms with van der Waals surface area (Å²) in [6.07, 6.45) is -0.631. The Morgan fingerprint density at radius 2 is 1.68 bits per heavy atom. The molecule has 0 aliphatic heterocycles. The molecule has 13 heteroatoms. The van der Waals surface area contributed by atoms with Crippen LogP contribution >= 0.6 is 46.4 Å². The largest absolute Gasteiger partial charge is 0.444 e. The lowest BCUT2D eigenvalue weighted by Crippen LogP contribution is -2.48. The molecule has 0 saturated carbocycles. The molecule has 1 N–H and O–H groups in total. The Labute approximate surface area is 258 Å². The second kappa shape index (κ2) is 13.8. The average molecular weight is 644 g/mol. The number of nitrogens with zero attached hydrogens (tertiary/aromatic N) is 3. The van der Waals surface area contributed by atoms with Crippen molar-refractivity contribution in [1.29, 1.82) is 0 Å². The zero-order valence-electron chi connectivity index (χ0n) is 23.1. The minimum atomic E-state index is -1.35. The molecule has 0 unspecified atom stereocenters. The molecule has 3 rings (SSSR count). The van der Waals surface area contributed by atoms with Crippen molar-refractivity contribution < 1.29 is 23.6 Å². The van der Waals surface area contributed by atoms with Crippen molar-refractivity contribution in [3.63, 3.8) is 0 Å². The number of halogens is 4. The third kappa shape index (κ3) is 9.00. The van der Waals surface area contributed by atoms with Crippen molar-refractivity contribution in [1.82, 2.24) is 15.4 Å². The smallest absolute Gasteiger partial charge is 0.410 e. The van der Waals surface area contributed by atoms with Gasteiger partial charge in [0, 0.05) is 42.5 Å². The van der Waals surface area contributed by atoms with Gasteiger partial charge in [-0.3, -0.25) is 9.59 Å². The van der Waals surface area contributed by atoms with Gasteiger partial charge < -0.3 is 24.4 Å². The van der Waals surface area contributed by atoms with E-state index in [4.69, 9.17) is 55.7 Å². The van der Waals surface area contributed by atoms with Crippen LogP contribution in [-0.2, 0) is 14.3 Å². The zero-order chi connectivity index (χ0) is 30.5. The lowest BCUT2D eigenvalue weighted by atomic mass is 10.1. The first-order valence-electron chi connectivity index (χ1n) is 12.5. The van der Waals surface area contributed by atoms with Gasteiger partial charge in [0.15, 0.2) is 10.6 Å². The van der Waals surface area contributed by atoms with Gasteiger partial charge in [0.25, 0.3) is 5.91 Å². The Kier molecular flexibility index (Phi) is 10.9. The fourth-order valence-electron chi connectivity index (χ4n) is 3.80. The molecule has 0 spiro atoms. The number of hydrogen-bond acceptors (Lipinski definition) is 6. The number of aromatic nitrogens is 1. The Balaban J connectivity index is 1.77. The summed E-state index contributed by atoms with van der Waals surface area (Å²) < 4.78 is 10.8. The van der Waals surface area contributed by atoms with E-state index in [0.717, 1.165) is 4.90 Å². The fraction of sp³-hybridized carbons (Fsp3) is 0.357. The standard InChI is InChI=1S/C28H30Cl4N4O5/c1-16(33-23(37)15-35(5)27(39)40-28(2,3)4)14-36(26(38)25(31)32)18-9-6-8-17(12-18)22-13-21(34-41-22)24-19(29)10-7-11-20(24)30/h6-13,16,25H,14-15H2,1-5H3,(H,33,37)/t16-/m0/s1. The minimum Gasteiger partial charge on any atom is -0.444 e. The Morgan fingerprint density at radius 1 is 1.05 bits per heavy atom. The summed E-state index contributed by atoms with van der Waals surface area (Å²) in [4.78, 5) is 39.0. The minimum absolute atomic E-state index is 0.0387. The van der Waals surface area contributed by atoms with Crippen LogP contribution in [0.5, 0.6) is 0 Å². The predicted molar refractivity (Wildman–Crippen MR) is 162 cm³/mol. The maximum atomic E-state index is 13.0. The monoisotopic (exact) mass is 642 g/mol. The normalized spacial score (nSPS) is 12.1. The summed E-state index contributed by atoms with van der Waals surface area (Å²) in [5.74, 6) is -0.614. The number of alkyl halides is 2. The fourth-order valence-corrected chi connectivity index (χ4v) is 4.63. The van der Waals surface area contributed by atoms with Crippen LogP contribution in [0.15, 0.2) is 53.1 Å². The van der Waals surface area contributed by atoms with Crippen LogP contribution < -0.4 is 10.2 Å². The van der Waals surface area contributed by atoms with Crippen molar-refractivity contribution >= 4 is 70.0 Å². The molecule has 0 radical (unpaired) electrons. The quantitative estimate of drug-likeness (QED) is 0.257. The number of rotatable bonds is 9. The van der Waals surface area contributed by atoms with Gasteiger partial charge in [-0.25, -0.2) is 4.79 Å². The van der Waals surface area contributed by atoms with E-state index in [-0.39, 0.29) is 13.1 Å². The Bertz CT molecular complexity index is 1390. The number of likely N-dealkylation sites (N-methyl/N-ethyl adjacent to an activating group) is 1. The first-order chi connectivity index (χ1) is 19.2. The zero-order valence-corrected chi connectivity index (χ0v) is 26.1. The van der Waals surface area contributed by atoms with E-state index in [2.05, 4.69) is 10.5 Å². The molecular weight excluding hydrogens is 614 g/mol. The number of nitrogens with one attached hydrogen (secondary N) is 1. The van der Waals surface area contributed by atoms with Gasteiger partial charge in [-0.2, -0.15) is 0 Å². The van der Waals surface area contributed by atoms with Crippen molar-refractivity contribution in [3.05, 3.63) is 58.6 Å². The molecule has 1 heterocycles. The van der Waals surface area contributed by atoms with Crippen molar-refractivity contribution in [2.45, 2.75) is 44.2 Å². The van der Waals surface area contributed by atoms with E-state index in [0.29, 0.717) is 38.3 Å². The molecule has 2 aromatic carbocycles. The number of anilines is 1. The van der Waals surface area contributed by atoms with Crippen LogP contribution in [0.25, 0.3) is 22.6 Å². The summed E-state index contributed by atoms with van der Waals surface area (Å²) in [7, 11) is 1.46. The summed E-state index contributed by atoms with van der Waals surface area (Å²) in [6, 6.07) is 13.2. The SMILES string of the molecule is C[C@@H](CN(C(=O)C(Cl)Cl)c1cccc(-c2cc(-c3c(Cl)cccc3Cl)no2)c1)NC(=O)CN(C)C(=O)OC(C)(C)C. The summed E-state index contributed by atoms with van der Waals surface area (Å²) >= 11 is 24.5. The molecule has 220 valence electrons. The van der Waals surface area contributed by atoms with Crippen molar-refractivity contribution in [2.75, 3.05) is 25.0 Å². The molecule has 0 bridgehead atoms. The highest BCUT2D eigenvalue weighted by Gasteiger charge is 2.26. The van der Waals surface area contributed by atoms with Crippen molar-refractivity contribution in [2.24, 2.45) is 0 Å². The van der Waals surface area contributed by atoms with Crippen LogP contribution in [0.1, 0.15) is 27.7 Å². The molecular formula is C28H30Cl4N4O5. The van der Waals surface area contributed by atoms with Gasteiger partial charge >= 0.3 is 6.09 Å². The van der Waals surface area contributed by atoms with E-state index in [1.165, 1.54) is 11.9 Å². The second-order valence-corrected chi connectivity index (χ2v) is 12.2. The summed E-state index contributed by atoms with van der Waals surface area (Å²) in [5.41, 5.74) is 1.35. The van der Waals surface area contributed by atoms with E-state index in [1.54, 1.807) is 76.2 Å². The van der Waals surface area contributed by atoms with Crippen LogP contribution in [0.2, 0.25) is 10.0 Å². The molecule has 41 heavy (non-hydrogen) atoms. The Morgan fingerprint density at radius 3 is 2.29 bits per heavy atom. The Hall–Kier alpha value is -2.98. The topological polar surface area (TPSA) is 105 Å². The average Bonchev–Trinajstić information content (AvgIpc) is 3.35. The first kappa shape index (κ1) is 32.5. The molecule has 0 fully saturated rings. The van der Waals surface area contributed by atoms with Gasteiger partial charge in [-0.05, 0) is 52.0 Å². The number of carbonyl (C=O) groups excluding carboxylic acids is 3. The molecule has 9 nitrogen and oxygen atoms in total. The number of carbonyl (C=O) groups is 3. The highest BCUT2D eigenvalue weighted by molar-refractivity contribution is 6.54. The van der Waals surface area contributed by atoms with Crippen molar-refractivity contribution in [3.8, 4) is 22.6 Å². The van der Waals surface area contributed by atoms with Gasteiger partial charge in [0.2, 0.25) is 5.91 Å². The van der Waals surface area contributed by atoms with Gasteiger partial charge in [0.1, 0.15) is 17.8 Å². The molecule has 3 aromatic rings. The lowest BCUT2D eigenvalue weighted by molar-refractivity contribution is -0.123. The molecule has 1 aromatic heterocycles. The van der Waals surface area contributed by atoms with Crippen LogP contribution in [0.4, 0.5) is 10.5 Å². The second-order valence-electron chi connectivity index (χ2n) is 10.3. The third-order valence-electron chi connectivity index (χ3n) is 5.57. The number of amides is 3. The van der Waals surface area contributed by atoms with E-state index >= 15 is 0 Å². The maximum Gasteiger partial charge on any atom is 0.410 e. The van der Waals surface area contributed by atoms with Crippen LogP contribution in [-0.4, -0.2) is 64.6 Å². The lowest BCUT2D eigenvalue weighted by Gasteiger charge is -2.28. The number of hydrogen-bond donors (Lipinski definition) is 1. The third-order valence-corrected chi connectivity index (χ3v) is 6.58. The first-order valence-corrected chi connectivity index (χ1v) is 14.1.